The van der Waals surface area contributed by atoms with Gasteiger partial charge in [-0.3, -0.25) is 13.7 Å². The van der Waals surface area contributed by atoms with Crippen LogP contribution in [0, 0.1) is 0 Å². The van der Waals surface area contributed by atoms with Crippen molar-refractivity contribution >= 4 is 52.5 Å². The zero-order chi connectivity index (χ0) is 23.8. The Kier molecular flexibility index (Phi) is 6.51. The second kappa shape index (κ2) is 8.29. The lowest BCUT2D eigenvalue weighted by molar-refractivity contribution is 0.471. The number of hydrogen-bond donors (Lipinski definition) is 6. The van der Waals surface area contributed by atoms with Crippen molar-refractivity contribution in [1.82, 2.24) is 0 Å². The van der Waals surface area contributed by atoms with Crippen LogP contribution in [-0.2, 0) is 30.4 Å². The van der Waals surface area contributed by atoms with E-state index < -0.39 is 45.9 Å². The van der Waals surface area contributed by atoms with E-state index in [1.807, 2.05) is 0 Å². The molecule has 0 radical (unpaired) electrons. The van der Waals surface area contributed by atoms with Crippen molar-refractivity contribution < 1.29 is 44.0 Å². The number of anilines is 2. The Labute approximate surface area is 177 Å². The van der Waals surface area contributed by atoms with Crippen LogP contribution >= 0.6 is 0 Å². The van der Waals surface area contributed by atoms with Crippen molar-refractivity contribution in [2.45, 2.75) is 14.7 Å². The molecule has 0 aliphatic rings. The minimum Gasteiger partial charge on any atom is -0.507 e. The van der Waals surface area contributed by atoms with E-state index in [2.05, 4.69) is 0 Å². The molecule has 0 bridgehead atoms. The molecule has 0 atom stereocenters. The lowest BCUT2D eigenvalue weighted by Crippen LogP contribution is -2.02. The van der Waals surface area contributed by atoms with Gasteiger partial charge >= 0.3 is 0 Å². The van der Waals surface area contributed by atoms with Crippen LogP contribution < -0.4 is 11.5 Å². The summed E-state index contributed by atoms with van der Waals surface area (Å²) in [5.41, 5.74) is 10.7. The summed E-state index contributed by atoms with van der Waals surface area (Å²) in [6.45, 7) is 0. The molecule has 168 valence electrons. The van der Waals surface area contributed by atoms with Crippen LogP contribution in [0.2, 0.25) is 0 Å². The van der Waals surface area contributed by atoms with Gasteiger partial charge in [0.2, 0.25) is 0 Å². The van der Waals surface area contributed by atoms with E-state index in [0.717, 1.165) is 24.3 Å². The highest BCUT2D eigenvalue weighted by Gasteiger charge is 2.18. The normalized spacial score (nSPS) is 12.2. The molecule has 0 spiro atoms. The van der Waals surface area contributed by atoms with E-state index in [0.29, 0.717) is 0 Å². The molecule has 3 aromatic rings. The highest BCUT2D eigenvalue weighted by atomic mass is 32.2. The number of rotatable bonds is 3. The summed E-state index contributed by atoms with van der Waals surface area (Å²) < 4.78 is 91.7. The number of hydrogen-bond acceptors (Lipinski definition) is 9. The number of aromatic hydroxyl groups is 1. The molecule has 3 aromatic carbocycles. The quantitative estimate of drug-likeness (QED) is 0.223. The smallest absolute Gasteiger partial charge is 0.296 e. The average molecular weight is 493 g/mol. The lowest BCUT2D eigenvalue weighted by atomic mass is 10.1. The Balaban J connectivity index is 0.000000262. The second-order valence-electron chi connectivity index (χ2n) is 6.02. The van der Waals surface area contributed by atoms with Crippen molar-refractivity contribution in [3.05, 3.63) is 48.5 Å². The van der Waals surface area contributed by atoms with E-state index in [4.69, 9.17) is 25.1 Å². The molecule has 0 saturated carbocycles. The van der Waals surface area contributed by atoms with Gasteiger partial charge in [-0.2, -0.15) is 25.3 Å². The van der Waals surface area contributed by atoms with Crippen molar-refractivity contribution in [1.29, 1.82) is 0 Å². The van der Waals surface area contributed by atoms with Gasteiger partial charge in [0.25, 0.3) is 30.4 Å². The molecule has 31 heavy (non-hydrogen) atoms. The molecule has 0 amide bonds. The summed E-state index contributed by atoms with van der Waals surface area (Å²) in [6.07, 6.45) is 0. The van der Waals surface area contributed by atoms with Gasteiger partial charge in [-0.15, -0.1) is 0 Å². The minimum absolute atomic E-state index is 0.00444. The van der Waals surface area contributed by atoms with Crippen LogP contribution in [0.5, 0.6) is 5.75 Å². The van der Waals surface area contributed by atoms with E-state index in [1.165, 1.54) is 18.2 Å². The van der Waals surface area contributed by atoms with Gasteiger partial charge in [0.15, 0.2) is 0 Å². The SMILES string of the molecule is Nc1cc(S(=O)(=O)O)cc2cc(S(=O)(=O)O)cc(O)c12.Nc1ccccc1S(=O)(=O)O. The molecule has 0 heterocycles. The highest BCUT2D eigenvalue weighted by Crippen LogP contribution is 2.34. The number of fused-ring (bicyclic) bond motifs is 1. The molecule has 0 aliphatic heterocycles. The molecule has 3 rings (SSSR count). The van der Waals surface area contributed by atoms with Gasteiger partial charge < -0.3 is 16.6 Å². The van der Waals surface area contributed by atoms with Crippen LogP contribution in [0.3, 0.4) is 0 Å². The fourth-order valence-corrected chi connectivity index (χ4v) is 4.19. The third-order valence-electron chi connectivity index (χ3n) is 3.80. The number of phenols is 1. The molecule has 0 saturated heterocycles. The average Bonchev–Trinajstić information content (AvgIpc) is 2.59. The van der Waals surface area contributed by atoms with E-state index >= 15 is 0 Å². The largest absolute Gasteiger partial charge is 0.507 e. The Morgan fingerprint density at radius 2 is 1.13 bits per heavy atom. The van der Waals surface area contributed by atoms with Gasteiger partial charge in [-0.1, -0.05) is 12.1 Å². The van der Waals surface area contributed by atoms with Crippen LogP contribution in [-0.4, -0.2) is 44.0 Å². The summed E-state index contributed by atoms with van der Waals surface area (Å²) in [6, 6.07) is 9.27. The summed E-state index contributed by atoms with van der Waals surface area (Å²) >= 11 is 0. The molecule has 0 unspecified atom stereocenters. The van der Waals surface area contributed by atoms with Crippen LogP contribution in [0.25, 0.3) is 10.8 Å². The number of nitrogens with two attached hydrogens (primary N) is 2. The van der Waals surface area contributed by atoms with Crippen molar-refractivity contribution in [2.75, 3.05) is 11.5 Å². The Hall–Kier alpha value is -2.95. The first kappa shape index (κ1) is 24.3. The summed E-state index contributed by atoms with van der Waals surface area (Å²) in [4.78, 5) is -1.44. The molecule has 12 nitrogen and oxygen atoms in total. The van der Waals surface area contributed by atoms with Crippen LogP contribution in [0.1, 0.15) is 0 Å². The van der Waals surface area contributed by atoms with Crippen LogP contribution in [0.4, 0.5) is 11.4 Å². The molecule has 15 heteroatoms. The standard InChI is InChI=1S/C10H9NO7S2.C6H7NO3S/c11-8-3-6(19(13,14)15)1-5-2-7(20(16,17)18)4-9(12)10(5)8;7-5-3-1-2-4-6(5)11(8,9)10/h1-4,12H,11H2,(H,13,14,15)(H,16,17,18);1-4H,7H2,(H,8,9,10). The number of para-hydroxylation sites is 1. The first-order chi connectivity index (χ1) is 14.0. The Morgan fingerprint density at radius 1 is 0.645 bits per heavy atom. The maximum Gasteiger partial charge on any atom is 0.296 e. The van der Waals surface area contributed by atoms with Crippen molar-refractivity contribution in [3.63, 3.8) is 0 Å². The maximum atomic E-state index is 11.1. The zero-order valence-corrected chi connectivity index (χ0v) is 17.7. The summed E-state index contributed by atoms with van der Waals surface area (Å²) in [7, 11) is -13.3. The predicted molar refractivity (Wildman–Crippen MR) is 110 cm³/mol. The predicted octanol–water partition coefficient (Wildman–Crippen LogP) is 1.14. The maximum absolute atomic E-state index is 11.1. The van der Waals surface area contributed by atoms with Gasteiger partial charge in [0, 0.05) is 17.1 Å². The van der Waals surface area contributed by atoms with Gasteiger partial charge in [-0.05, 0) is 35.7 Å². The fourth-order valence-electron chi connectivity index (χ4n) is 2.48. The number of benzene rings is 3. The van der Waals surface area contributed by atoms with Gasteiger partial charge in [-0.25, -0.2) is 0 Å². The third-order valence-corrected chi connectivity index (χ3v) is 6.39. The minimum atomic E-state index is -4.59. The summed E-state index contributed by atoms with van der Waals surface area (Å²) in [5.74, 6) is -0.547. The van der Waals surface area contributed by atoms with E-state index in [9.17, 15) is 30.4 Å². The number of phenolic OH excluding ortho intramolecular Hbond substituents is 1. The molecule has 0 fully saturated rings. The molecular formula is C16H16N2O10S3. The molecule has 0 aliphatic carbocycles. The van der Waals surface area contributed by atoms with Crippen molar-refractivity contribution in [2.24, 2.45) is 0 Å². The Morgan fingerprint density at radius 3 is 1.55 bits per heavy atom. The number of nitrogen functional groups attached to an aromatic ring is 2. The molecule has 8 N–H and O–H groups in total. The molecule has 0 aromatic heterocycles. The highest BCUT2D eigenvalue weighted by molar-refractivity contribution is 7.86. The molecular weight excluding hydrogens is 476 g/mol. The first-order valence-corrected chi connectivity index (χ1v) is 12.2. The summed E-state index contributed by atoms with van der Waals surface area (Å²) in [5, 5.41) is 9.66. The lowest BCUT2D eigenvalue weighted by Gasteiger charge is -2.08. The van der Waals surface area contributed by atoms with Crippen molar-refractivity contribution in [3.8, 4) is 5.75 Å². The van der Waals surface area contributed by atoms with E-state index in [-0.39, 0.29) is 27.0 Å². The first-order valence-electron chi connectivity index (χ1n) is 7.85. The van der Waals surface area contributed by atoms with Gasteiger partial charge in [0.05, 0.1) is 15.5 Å². The topological polar surface area (TPSA) is 235 Å². The third kappa shape index (κ3) is 5.81. The monoisotopic (exact) mass is 492 g/mol. The van der Waals surface area contributed by atoms with E-state index in [1.54, 1.807) is 6.07 Å². The second-order valence-corrected chi connectivity index (χ2v) is 10.2. The fraction of sp³-hybridized carbons (Fsp3) is 0. The van der Waals surface area contributed by atoms with Crippen LogP contribution in [0.15, 0.2) is 63.2 Å². The zero-order valence-electron chi connectivity index (χ0n) is 15.2. The Bertz CT molecular complexity index is 1410. The van der Waals surface area contributed by atoms with Gasteiger partial charge in [0.1, 0.15) is 10.6 Å².